The molecule has 0 spiro atoms. The maximum absolute atomic E-state index is 13.6. The van der Waals surface area contributed by atoms with E-state index in [0.717, 1.165) is 24.1 Å². The average Bonchev–Trinajstić information content (AvgIpc) is 3.74. The number of hydrogen-bond acceptors (Lipinski definition) is 9. The lowest BCUT2D eigenvalue weighted by Gasteiger charge is -2.39. The first-order chi connectivity index (χ1) is 22.7. The van der Waals surface area contributed by atoms with Crippen molar-refractivity contribution in [2.45, 2.75) is 110 Å². The van der Waals surface area contributed by atoms with Gasteiger partial charge in [0.15, 0.2) is 8.32 Å². The van der Waals surface area contributed by atoms with Crippen LogP contribution in [0.1, 0.15) is 78.1 Å². The van der Waals surface area contributed by atoms with E-state index >= 15 is 0 Å². The Labute approximate surface area is 290 Å². The highest BCUT2D eigenvalue weighted by Crippen LogP contribution is 2.47. The molecule has 2 amide bonds. The number of ether oxygens (including phenoxy) is 1. The molecule has 0 bridgehead atoms. The first kappa shape index (κ1) is 36.0. The number of hydrogen-bond donors (Lipinski definition) is 1. The van der Waals surface area contributed by atoms with Gasteiger partial charge < -0.3 is 19.4 Å². The third-order valence-corrected chi connectivity index (χ3v) is 14.2. The molecule has 1 aliphatic carbocycles. The van der Waals surface area contributed by atoms with Crippen LogP contribution in [0.15, 0.2) is 30.5 Å². The van der Waals surface area contributed by atoms with E-state index in [4.69, 9.17) is 14.1 Å². The Balaban J connectivity index is 1.50. The summed E-state index contributed by atoms with van der Waals surface area (Å²) in [6, 6.07) is 10.0. The number of nitrogens with zero attached hydrogens (tertiary/aromatic N) is 7. The third kappa shape index (κ3) is 7.81. The number of carbonyl (C=O) groups excluding carboxylic acids is 2. The number of benzene rings is 1. The summed E-state index contributed by atoms with van der Waals surface area (Å²) >= 11 is 0. The van der Waals surface area contributed by atoms with Gasteiger partial charge in [0, 0.05) is 49.5 Å². The Morgan fingerprint density at radius 1 is 1.16 bits per heavy atom. The Hall–Kier alpha value is -4.28. The standard InChI is InChI=1S/C36H50N8O4Si/c1-23-16-29(44(41-23)20-30(45)42(9)26-12-13-26)40-32-38-15-14-28(39-32)24-17-25(19-37)31-27(18-24)36(8,22-47-49(10,11)35(5,6)7)21-43(31)33(46)48-34(2,3)4/h14-18,26H,12-13,20-22H2,1-11H3,(H,38,39,40)/t36-/m1/s1. The molecule has 1 N–H and O–H groups in total. The molecular weight excluding hydrogens is 637 g/mol. The van der Waals surface area contributed by atoms with E-state index < -0.39 is 25.4 Å². The fourth-order valence-corrected chi connectivity index (χ4v) is 6.76. The molecule has 3 heterocycles. The van der Waals surface area contributed by atoms with Gasteiger partial charge in [-0.15, -0.1) is 0 Å². The topological polar surface area (TPSA) is 138 Å². The predicted octanol–water partition coefficient (Wildman–Crippen LogP) is 6.92. The highest BCUT2D eigenvalue weighted by molar-refractivity contribution is 6.74. The zero-order valence-electron chi connectivity index (χ0n) is 30.8. The van der Waals surface area contributed by atoms with E-state index in [-0.39, 0.29) is 17.5 Å². The van der Waals surface area contributed by atoms with Crippen LogP contribution >= 0.6 is 0 Å². The van der Waals surface area contributed by atoms with Crippen LogP contribution in [0.4, 0.5) is 22.2 Å². The molecule has 2 aliphatic rings. The Morgan fingerprint density at radius 2 is 1.86 bits per heavy atom. The highest BCUT2D eigenvalue weighted by Gasteiger charge is 2.47. The van der Waals surface area contributed by atoms with Crippen molar-refractivity contribution in [3.63, 3.8) is 0 Å². The molecular formula is C36H50N8O4Si. The summed E-state index contributed by atoms with van der Waals surface area (Å²) in [6.07, 6.45) is 3.21. The van der Waals surface area contributed by atoms with E-state index in [1.807, 2.05) is 46.9 Å². The number of nitrogens with one attached hydrogen (secondary N) is 1. The zero-order valence-corrected chi connectivity index (χ0v) is 31.8. The van der Waals surface area contributed by atoms with E-state index in [2.05, 4.69) is 62.3 Å². The fourth-order valence-electron chi connectivity index (χ4n) is 5.65. The SMILES string of the molecule is Cc1cc(Nc2nccc(-c3cc(C#N)c4c(c3)[C@@](C)(CO[Si](C)(C)C(C)(C)C)CN4C(=O)OC(C)(C)C)n2)n(CC(=O)N(C)C2CC2)n1. The summed E-state index contributed by atoms with van der Waals surface area (Å²) < 4.78 is 14.2. The van der Waals surface area contributed by atoms with Crippen molar-refractivity contribution < 1.29 is 18.8 Å². The molecule has 1 aromatic carbocycles. The first-order valence-corrected chi connectivity index (χ1v) is 19.8. The van der Waals surface area contributed by atoms with Crippen molar-refractivity contribution in [3.05, 3.63) is 47.3 Å². The first-order valence-electron chi connectivity index (χ1n) is 16.8. The summed E-state index contributed by atoms with van der Waals surface area (Å²) in [5.74, 6) is 0.911. The minimum atomic E-state index is -2.15. The van der Waals surface area contributed by atoms with E-state index in [0.29, 0.717) is 53.5 Å². The van der Waals surface area contributed by atoms with Gasteiger partial charge in [0.05, 0.1) is 22.6 Å². The Morgan fingerprint density at radius 3 is 2.47 bits per heavy atom. The zero-order chi connectivity index (χ0) is 36.1. The summed E-state index contributed by atoms with van der Waals surface area (Å²) in [5.41, 5.74) is 2.42. The summed E-state index contributed by atoms with van der Waals surface area (Å²) in [6.45, 7) is 21.2. The molecule has 2 aromatic heterocycles. The summed E-state index contributed by atoms with van der Waals surface area (Å²) in [7, 11) is -0.321. The lowest BCUT2D eigenvalue weighted by Crippen LogP contribution is -2.46. The molecule has 12 nitrogen and oxygen atoms in total. The second-order valence-electron chi connectivity index (χ2n) is 16.2. The second-order valence-corrected chi connectivity index (χ2v) is 21.0. The van der Waals surface area contributed by atoms with Crippen molar-refractivity contribution in [1.29, 1.82) is 5.26 Å². The van der Waals surface area contributed by atoms with Gasteiger partial charge in [-0.2, -0.15) is 10.4 Å². The molecule has 1 aliphatic heterocycles. The molecule has 0 unspecified atom stereocenters. The largest absolute Gasteiger partial charge is 0.443 e. The fraction of sp³-hybridized carbons (Fsp3) is 0.556. The van der Waals surface area contributed by atoms with Crippen LogP contribution in [0.5, 0.6) is 0 Å². The molecule has 1 fully saturated rings. The van der Waals surface area contributed by atoms with Crippen LogP contribution in [0.2, 0.25) is 18.1 Å². The lowest BCUT2D eigenvalue weighted by molar-refractivity contribution is -0.131. The van der Waals surface area contributed by atoms with Crippen LogP contribution < -0.4 is 10.2 Å². The molecule has 0 saturated heterocycles. The average molecular weight is 687 g/mol. The van der Waals surface area contributed by atoms with Crippen molar-refractivity contribution in [3.8, 4) is 17.3 Å². The third-order valence-electron chi connectivity index (χ3n) is 9.70. The minimum absolute atomic E-state index is 0.00594. The van der Waals surface area contributed by atoms with Crippen molar-refractivity contribution in [1.82, 2.24) is 24.6 Å². The van der Waals surface area contributed by atoms with Gasteiger partial charge in [0.25, 0.3) is 0 Å². The van der Waals surface area contributed by atoms with Crippen molar-refractivity contribution in [2.24, 2.45) is 0 Å². The van der Waals surface area contributed by atoms with Crippen LogP contribution in [0, 0.1) is 18.3 Å². The molecule has 0 radical (unpaired) electrons. The van der Waals surface area contributed by atoms with Gasteiger partial charge in [-0.25, -0.2) is 19.4 Å². The number of amides is 2. The van der Waals surface area contributed by atoms with Gasteiger partial charge in [-0.1, -0.05) is 27.7 Å². The monoisotopic (exact) mass is 686 g/mol. The molecule has 3 aromatic rings. The number of carbonyl (C=O) groups is 2. The Bertz CT molecular complexity index is 1800. The molecule has 262 valence electrons. The van der Waals surface area contributed by atoms with E-state index in [1.54, 1.807) is 32.8 Å². The van der Waals surface area contributed by atoms with Crippen molar-refractivity contribution in [2.75, 3.05) is 30.4 Å². The van der Waals surface area contributed by atoms with Crippen LogP contribution in [0.3, 0.4) is 0 Å². The maximum atomic E-state index is 13.6. The number of likely N-dealkylation sites (N-methyl/N-ethyl adjacent to an activating group) is 1. The van der Waals surface area contributed by atoms with Gasteiger partial charge in [-0.05, 0) is 82.4 Å². The molecule has 13 heteroatoms. The number of rotatable bonds is 9. The smallest absolute Gasteiger partial charge is 0.414 e. The quantitative estimate of drug-likeness (QED) is 0.238. The number of aromatic nitrogens is 4. The molecule has 1 saturated carbocycles. The van der Waals surface area contributed by atoms with E-state index in [1.165, 1.54) is 0 Å². The van der Waals surface area contributed by atoms with Gasteiger partial charge >= 0.3 is 6.09 Å². The normalized spacial score (nSPS) is 17.8. The molecule has 1 atom stereocenters. The number of fused-ring (bicyclic) bond motifs is 1. The van der Waals surface area contributed by atoms with Crippen molar-refractivity contribution >= 4 is 37.8 Å². The van der Waals surface area contributed by atoms with Gasteiger partial charge in [-0.3, -0.25) is 9.69 Å². The number of aryl methyl sites for hydroxylation is 1. The molecule has 49 heavy (non-hydrogen) atoms. The maximum Gasteiger partial charge on any atom is 0.414 e. The van der Waals surface area contributed by atoms with Crippen LogP contribution in [-0.2, 0) is 25.9 Å². The van der Waals surface area contributed by atoms with E-state index in [9.17, 15) is 14.9 Å². The number of anilines is 3. The number of nitriles is 1. The summed E-state index contributed by atoms with van der Waals surface area (Å²) in [5, 5.41) is 18.2. The summed E-state index contributed by atoms with van der Waals surface area (Å²) in [4.78, 5) is 39.1. The molecule has 5 rings (SSSR count). The van der Waals surface area contributed by atoms with Gasteiger partial charge in [0.1, 0.15) is 24.0 Å². The van der Waals surface area contributed by atoms with Gasteiger partial charge in [0.2, 0.25) is 11.9 Å². The minimum Gasteiger partial charge on any atom is -0.443 e. The van der Waals surface area contributed by atoms with Crippen LogP contribution in [0.25, 0.3) is 11.3 Å². The second kappa shape index (κ2) is 12.9. The highest BCUT2D eigenvalue weighted by atomic mass is 28.4. The predicted molar refractivity (Wildman–Crippen MR) is 192 cm³/mol. The Kier molecular flexibility index (Phi) is 9.46. The van der Waals surface area contributed by atoms with Crippen LogP contribution in [-0.4, -0.2) is 76.8 Å². The lowest BCUT2D eigenvalue weighted by atomic mass is 9.83.